The maximum atomic E-state index is 6.04. The van der Waals surface area contributed by atoms with E-state index in [2.05, 4.69) is 54.2 Å². The second kappa shape index (κ2) is 5.06. The molecule has 1 aliphatic rings. The number of hydrogen-bond acceptors (Lipinski definition) is 2. The maximum Gasteiger partial charge on any atom is 0.495 e. The minimum absolute atomic E-state index is 0.308. The van der Waals surface area contributed by atoms with Crippen LogP contribution in [0, 0.1) is 0 Å². The Labute approximate surface area is 112 Å². The number of rotatable bonds is 3. The quantitative estimate of drug-likeness (QED) is 0.553. The molecule has 0 amide bonds. The first kappa shape index (κ1) is 15.3. The molecule has 1 aliphatic heterocycles. The molecular formula is C15H25BO2. The summed E-state index contributed by atoms with van der Waals surface area (Å²) in [5.74, 6) is 0. The average Bonchev–Trinajstić information content (AvgIpc) is 2.34. The third-order valence-electron chi connectivity index (χ3n) is 3.60. The fourth-order valence-electron chi connectivity index (χ4n) is 1.65. The van der Waals surface area contributed by atoms with Crippen LogP contribution in [-0.2, 0) is 9.31 Å². The lowest BCUT2D eigenvalue weighted by atomic mass is 9.74. The largest absolute Gasteiger partial charge is 0.495 e. The summed E-state index contributed by atoms with van der Waals surface area (Å²) in [4.78, 5) is 0. The highest BCUT2D eigenvalue weighted by Gasteiger charge is 2.52. The van der Waals surface area contributed by atoms with Crippen LogP contribution in [0.4, 0.5) is 0 Å². The molecule has 0 aromatic carbocycles. The van der Waals surface area contributed by atoms with Crippen molar-refractivity contribution >= 4 is 7.12 Å². The number of hydrogen-bond donors (Lipinski definition) is 0. The number of allylic oxidation sites excluding steroid dienone is 5. The van der Waals surface area contributed by atoms with Gasteiger partial charge in [-0.15, -0.1) is 0 Å². The molecule has 3 heteroatoms. The van der Waals surface area contributed by atoms with E-state index in [1.54, 1.807) is 0 Å². The zero-order valence-electron chi connectivity index (χ0n) is 12.8. The Bertz CT molecular complexity index is 383. The standard InChI is InChI=1S/C15H25BO2/c1-11(2)9-10-13(12(3)4)16-17-14(5,6)15(7,8)18-16/h9-10H,3H2,1-2,4-8H3/b13-10+. The molecule has 100 valence electrons. The molecular weight excluding hydrogens is 223 g/mol. The molecule has 0 aromatic heterocycles. The van der Waals surface area contributed by atoms with Crippen molar-refractivity contribution in [2.24, 2.45) is 0 Å². The van der Waals surface area contributed by atoms with Gasteiger partial charge in [0.2, 0.25) is 0 Å². The van der Waals surface area contributed by atoms with E-state index in [1.165, 1.54) is 5.57 Å². The van der Waals surface area contributed by atoms with Crippen molar-refractivity contribution in [1.29, 1.82) is 0 Å². The van der Waals surface area contributed by atoms with Crippen LogP contribution in [0.2, 0.25) is 0 Å². The summed E-state index contributed by atoms with van der Waals surface area (Å²) in [7, 11) is -0.330. The molecule has 0 aromatic rings. The molecule has 1 saturated heterocycles. The van der Waals surface area contributed by atoms with E-state index in [0.29, 0.717) is 0 Å². The first-order valence-electron chi connectivity index (χ1n) is 6.43. The van der Waals surface area contributed by atoms with Gasteiger partial charge in [-0.25, -0.2) is 0 Å². The van der Waals surface area contributed by atoms with Crippen LogP contribution in [0.3, 0.4) is 0 Å². The second-order valence-corrected chi connectivity index (χ2v) is 6.23. The minimum Gasteiger partial charge on any atom is -0.399 e. The van der Waals surface area contributed by atoms with Crippen molar-refractivity contribution in [1.82, 2.24) is 0 Å². The highest BCUT2D eigenvalue weighted by atomic mass is 16.7. The summed E-state index contributed by atoms with van der Waals surface area (Å²) in [6.07, 6.45) is 4.11. The van der Waals surface area contributed by atoms with Crippen LogP contribution >= 0.6 is 0 Å². The van der Waals surface area contributed by atoms with Gasteiger partial charge >= 0.3 is 7.12 Å². The predicted octanol–water partition coefficient (Wildman–Crippen LogP) is 4.09. The van der Waals surface area contributed by atoms with Crippen LogP contribution in [0.15, 0.2) is 35.3 Å². The van der Waals surface area contributed by atoms with Gasteiger partial charge in [0.15, 0.2) is 0 Å². The van der Waals surface area contributed by atoms with E-state index in [0.717, 1.165) is 11.0 Å². The van der Waals surface area contributed by atoms with Gasteiger partial charge in [-0.1, -0.05) is 29.9 Å². The average molecular weight is 248 g/mol. The minimum atomic E-state index is -0.330. The monoisotopic (exact) mass is 248 g/mol. The normalized spacial score (nSPS) is 21.9. The lowest BCUT2D eigenvalue weighted by Gasteiger charge is -2.32. The molecule has 18 heavy (non-hydrogen) atoms. The van der Waals surface area contributed by atoms with Gasteiger partial charge in [0.25, 0.3) is 0 Å². The van der Waals surface area contributed by atoms with Crippen molar-refractivity contribution in [3.63, 3.8) is 0 Å². The van der Waals surface area contributed by atoms with Crippen LogP contribution in [0.5, 0.6) is 0 Å². The van der Waals surface area contributed by atoms with Crippen molar-refractivity contribution in [3.05, 3.63) is 35.3 Å². The van der Waals surface area contributed by atoms with Gasteiger partial charge in [0.1, 0.15) is 0 Å². The van der Waals surface area contributed by atoms with Gasteiger partial charge in [0, 0.05) is 0 Å². The Hall–Kier alpha value is -0.795. The van der Waals surface area contributed by atoms with Crippen molar-refractivity contribution in [3.8, 4) is 0 Å². The predicted molar refractivity (Wildman–Crippen MR) is 78.4 cm³/mol. The molecule has 0 aliphatic carbocycles. The van der Waals surface area contributed by atoms with E-state index >= 15 is 0 Å². The third-order valence-corrected chi connectivity index (χ3v) is 3.60. The van der Waals surface area contributed by atoms with Crippen LogP contribution < -0.4 is 0 Å². The summed E-state index contributed by atoms with van der Waals surface area (Å²) in [5, 5.41) is 0. The van der Waals surface area contributed by atoms with Crippen molar-refractivity contribution in [2.75, 3.05) is 0 Å². The fourth-order valence-corrected chi connectivity index (χ4v) is 1.65. The molecule has 0 spiro atoms. The van der Waals surface area contributed by atoms with Gasteiger partial charge in [-0.05, 0) is 53.9 Å². The third kappa shape index (κ3) is 3.15. The van der Waals surface area contributed by atoms with Crippen LogP contribution in [0.25, 0.3) is 0 Å². The lowest BCUT2D eigenvalue weighted by molar-refractivity contribution is 0.00578. The molecule has 0 N–H and O–H groups in total. The first-order chi connectivity index (χ1) is 8.07. The Morgan fingerprint density at radius 3 is 1.72 bits per heavy atom. The Morgan fingerprint density at radius 1 is 0.944 bits per heavy atom. The molecule has 1 fully saturated rings. The molecule has 1 rings (SSSR count). The highest BCUT2D eigenvalue weighted by Crippen LogP contribution is 2.39. The molecule has 2 nitrogen and oxygen atoms in total. The summed E-state index contributed by atoms with van der Waals surface area (Å²) < 4.78 is 12.1. The van der Waals surface area contributed by atoms with Gasteiger partial charge < -0.3 is 9.31 Å². The fraction of sp³-hybridized carbons (Fsp3) is 0.600. The SMILES string of the molecule is C=C(C)/C(=C\C=C(C)C)B1OC(C)(C)C(C)(C)O1. The van der Waals surface area contributed by atoms with E-state index in [4.69, 9.17) is 9.31 Å². The Balaban J connectivity index is 3.03. The maximum absolute atomic E-state index is 6.04. The summed E-state index contributed by atoms with van der Waals surface area (Å²) in [6.45, 7) is 18.4. The topological polar surface area (TPSA) is 18.5 Å². The highest BCUT2D eigenvalue weighted by molar-refractivity contribution is 6.56. The van der Waals surface area contributed by atoms with E-state index in [1.807, 2.05) is 13.0 Å². The smallest absolute Gasteiger partial charge is 0.399 e. The summed E-state index contributed by atoms with van der Waals surface area (Å²) in [5.41, 5.74) is 2.61. The Kier molecular flexibility index (Phi) is 4.29. The molecule has 0 unspecified atom stereocenters. The molecule has 0 atom stereocenters. The first-order valence-corrected chi connectivity index (χ1v) is 6.43. The van der Waals surface area contributed by atoms with Crippen molar-refractivity contribution < 1.29 is 9.31 Å². The van der Waals surface area contributed by atoms with Crippen LogP contribution in [-0.4, -0.2) is 18.3 Å². The molecule has 0 saturated carbocycles. The zero-order chi connectivity index (χ0) is 14.1. The van der Waals surface area contributed by atoms with Gasteiger partial charge in [-0.2, -0.15) is 0 Å². The second-order valence-electron chi connectivity index (χ2n) is 6.23. The molecule has 0 bridgehead atoms. The molecule has 0 radical (unpaired) electrons. The van der Waals surface area contributed by atoms with E-state index in [-0.39, 0.29) is 18.3 Å². The van der Waals surface area contributed by atoms with E-state index in [9.17, 15) is 0 Å². The summed E-state index contributed by atoms with van der Waals surface area (Å²) in [6, 6.07) is 0. The van der Waals surface area contributed by atoms with Crippen molar-refractivity contribution in [2.45, 2.75) is 59.7 Å². The molecule has 1 heterocycles. The van der Waals surface area contributed by atoms with Gasteiger partial charge in [0.05, 0.1) is 11.2 Å². The Morgan fingerprint density at radius 2 is 1.39 bits per heavy atom. The zero-order valence-corrected chi connectivity index (χ0v) is 12.8. The lowest BCUT2D eigenvalue weighted by Crippen LogP contribution is -2.41. The summed E-state index contributed by atoms with van der Waals surface area (Å²) >= 11 is 0. The van der Waals surface area contributed by atoms with E-state index < -0.39 is 0 Å². The van der Waals surface area contributed by atoms with Crippen LogP contribution in [0.1, 0.15) is 48.5 Å². The van der Waals surface area contributed by atoms with Gasteiger partial charge in [-0.3, -0.25) is 0 Å².